The summed E-state index contributed by atoms with van der Waals surface area (Å²) in [6, 6.07) is 9.08. The SMILES string of the molecule is CN(CCCS)CCc1ccc(C(C)(C)C)cc1. The Hall–Kier alpha value is -0.470. The maximum atomic E-state index is 4.24. The van der Waals surface area contributed by atoms with Crippen molar-refractivity contribution in [2.24, 2.45) is 0 Å². The molecule has 0 radical (unpaired) electrons. The van der Waals surface area contributed by atoms with E-state index in [0.29, 0.717) is 0 Å². The summed E-state index contributed by atoms with van der Waals surface area (Å²) >= 11 is 4.24. The molecule has 102 valence electrons. The molecule has 0 saturated carbocycles. The van der Waals surface area contributed by atoms with E-state index in [-0.39, 0.29) is 5.41 Å². The van der Waals surface area contributed by atoms with Crippen LogP contribution in [0.1, 0.15) is 38.3 Å². The minimum absolute atomic E-state index is 0.252. The number of benzene rings is 1. The van der Waals surface area contributed by atoms with Gasteiger partial charge in [0.25, 0.3) is 0 Å². The second kappa shape index (κ2) is 7.20. The fourth-order valence-electron chi connectivity index (χ4n) is 1.94. The lowest BCUT2D eigenvalue weighted by Crippen LogP contribution is -2.22. The fourth-order valence-corrected chi connectivity index (χ4v) is 2.09. The van der Waals surface area contributed by atoms with Gasteiger partial charge >= 0.3 is 0 Å². The minimum atomic E-state index is 0.252. The summed E-state index contributed by atoms with van der Waals surface area (Å²) in [5, 5.41) is 0. The van der Waals surface area contributed by atoms with E-state index < -0.39 is 0 Å². The molecule has 0 atom stereocenters. The first-order valence-corrected chi connectivity index (χ1v) is 7.45. The molecule has 2 heteroatoms. The lowest BCUT2D eigenvalue weighted by Gasteiger charge is -2.20. The van der Waals surface area contributed by atoms with Crippen LogP contribution >= 0.6 is 12.6 Å². The van der Waals surface area contributed by atoms with Crippen molar-refractivity contribution < 1.29 is 0 Å². The smallest absolute Gasteiger partial charge is 0.00188 e. The largest absolute Gasteiger partial charge is 0.306 e. The van der Waals surface area contributed by atoms with Crippen LogP contribution in [-0.2, 0) is 11.8 Å². The van der Waals surface area contributed by atoms with E-state index in [0.717, 1.165) is 25.3 Å². The summed E-state index contributed by atoms with van der Waals surface area (Å²) in [4.78, 5) is 2.38. The second-order valence-electron chi connectivity index (χ2n) is 6.08. The molecule has 0 N–H and O–H groups in total. The highest BCUT2D eigenvalue weighted by molar-refractivity contribution is 7.80. The van der Waals surface area contributed by atoms with E-state index in [1.54, 1.807) is 0 Å². The maximum Gasteiger partial charge on any atom is 0.00188 e. The first-order chi connectivity index (χ1) is 8.43. The van der Waals surface area contributed by atoms with Gasteiger partial charge in [-0.2, -0.15) is 12.6 Å². The van der Waals surface area contributed by atoms with Crippen LogP contribution in [0.25, 0.3) is 0 Å². The van der Waals surface area contributed by atoms with Gasteiger partial charge in [0.1, 0.15) is 0 Å². The lowest BCUT2D eigenvalue weighted by molar-refractivity contribution is 0.340. The Labute approximate surface area is 118 Å². The van der Waals surface area contributed by atoms with Crippen molar-refractivity contribution in [1.82, 2.24) is 4.90 Å². The van der Waals surface area contributed by atoms with Gasteiger partial charge in [-0.05, 0) is 48.7 Å². The molecule has 18 heavy (non-hydrogen) atoms. The Morgan fingerprint density at radius 1 is 1.06 bits per heavy atom. The van der Waals surface area contributed by atoms with E-state index in [4.69, 9.17) is 0 Å². The molecule has 0 fully saturated rings. The van der Waals surface area contributed by atoms with Crippen molar-refractivity contribution in [2.75, 3.05) is 25.9 Å². The third kappa shape index (κ3) is 5.45. The lowest BCUT2D eigenvalue weighted by atomic mass is 9.86. The van der Waals surface area contributed by atoms with Gasteiger partial charge in [0.15, 0.2) is 0 Å². The van der Waals surface area contributed by atoms with Gasteiger partial charge < -0.3 is 4.90 Å². The summed E-state index contributed by atoms with van der Waals surface area (Å²) in [6.45, 7) is 9.04. The molecule has 0 saturated heterocycles. The standard InChI is InChI=1S/C16H27NS/c1-16(2,3)15-8-6-14(7-9-15)10-12-17(4)11-5-13-18/h6-9,18H,5,10-13H2,1-4H3. The van der Waals surface area contributed by atoms with Gasteiger partial charge in [0, 0.05) is 6.54 Å². The van der Waals surface area contributed by atoms with Crippen molar-refractivity contribution in [1.29, 1.82) is 0 Å². The third-order valence-corrected chi connectivity index (χ3v) is 3.62. The normalized spacial score (nSPS) is 12.1. The molecule has 0 aromatic heterocycles. The molecule has 0 spiro atoms. The zero-order chi connectivity index (χ0) is 13.6. The topological polar surface area (TPSA) is 3.24 Å². The van der Waals surface area contributed by atoms with E-state index in [1.807, 2.05) is 0 Å². The zero-order valence-corrected chi connectivity index (χ0v) is 13.1. The van der Waals surface area contributed by atoms with Gasteiger partial charge in [-0.1, -0.05) is 45.0 Å². The van der Waals surface area contributed by atoms with Crippen molar-refractivity contribution >= 4 is 12.6 Å². The van der Waals surface area contributed by atoms with Crippen LogP contribution in [0.15, 0.2) is 24.3 Å². The molecule has 1 aromatic rings. The Bertz CT molecular complexity index is 337. The number of thiol groups is 1. The van der Waals surface area contributed by atoms with Crippen LogP contribution in [-0.4, -0.2) is 30.8 Å². The summed E-state index contributed by atoms with van der Waals surface area (Å²) in [5.74, 6) is 0.977. The average Bonchev–Trinajstić information content (AvgIpc) is 2.33. The van der Waals surface area contributed by atoms with E-state index in [1.165, 1.54) is 17.5 Å². The van der Waals surface area contributed by atoms with Crippen molar-refractivity contribution in [3.05, 3.63) is 35.4 Å². The molecule has 0 heterocycles. The average molecular weight is 265 g/mol. The van der Waals surface area contributed by atoms with Gasteiger partial charge in [-0.3, -0.25) is 0 Å². The van der Waals surface area contributed by atoms with Crippen molar-refractivity contribution in [2.45, 2.75) is 39.0 Å². The molecule has 1 aromatic carbocycles. The third-order valence-electron chi connectivity index (χ3n) is 3.30. The molecule has 0 aliphatic rings. The molecule has 0 bridgehead atoms. The molecule has 0 aliphatic heterocycles. The number of nitrogens with zero attached hydrogens (tertiary/aromatic N) is 1. The highest BCUT2D eigenvalue weighted by atomic mass is 32.1. The fraction of sp³-hybridized carbons (Fsp3) is 0.625. The zero-order valence-electron chi connectivity index (χ0n) is 12.2. The highest BCUT2D eigenvalue weighted by Crippen LogP contribution is 2.22. The summed E-state index contributed by atoms with van der Waals surface area (Å²) < 4.78 is 0. The predicted molar refractivity (Wildman–Crippen MR) is 84.8 cm³/mol. The first-order valence-electron chi connectivity index (χ1n) is 6.82. The highest BCUT2D eigenvalue weighted by Gasteiger charge is 2.12. The Morgan fingerprint density at radius 3 is 2.17 bits per heavy atom. The van der Waals surface area contributed by atoms with Gasteiger partial charge in [0.2, 0.25) is 0 Å². The van der Waals surface area contributed by atoms with Crippen LogP contribution in [0.4, 0.5) is 0 Å². The number of hydrogen-bond donors (Lipinski definition) is 1. The van der Waals surface area contributed by atoms with Crippen LogP contribution in [0.5, 0.6) is 0 Å². The summed E-state index contributed by atoms with van der Waals surface area (Å²) in [6.07, 6.45) is 2.30. The quantitative estimate of drug-likeness (QED) is 0.766. The summed E-state index contributed by atoms with van der Waals surface area (Å²) in [5.41, 5.74) is 3.09. The van der Waals surface area contributed by atoms with Gasteiger partial charge in [-0.15, -0.1) is 0 Å². The molecule has 0 aliphatic carbocycles. The number of likely N-dealkylation sites (N-methyl/N-ethyl adjacent to an activating group) is 1. The monoisotopic (exact) mass is 265 g/mol. The van der Waals surface area contributed by atoms with Crippen LogP contribution in [0, 0.1) is 0 Å². The molecule has 0 amide bonds. The minimum Gasteiger partial charge on any atom is -0.306 e. The molecular formula is C16H27NS. The second-order valence-corrected chi connectivity index (χ2v) is 6.52. The molecule has 1 rings (SSSR count). The van der Waals surface area contributed by atoms with Crippen LogP contribution in [0.3, 0.4) is 0 Å². The maximum absolute atomic E-state index is 4.24. The molecule has 1 nitrogen and oxygen atoms in total. The first kappa shape index (κ1) is 15.6. The van der Waals surface area contributed by atoms with Crippen LogP contribution in [0.2, 0.25) is 0 Å². The Kier molecular flexibility index (Phi) is 6.24. The van der Waals surface area contributed by atoms with Crippen molar-refractivity contribution in [3.63, 3.8) is 0 Å². The van der Waals surface area contributed by atoms with Crippen molar-refractivity contribution in [3.8, 4) is 0 Å². The molecule has 0 unspecified atom stereocenters. The van der Waals surface area contributed by atoms with E-state index in [9.17, 15) is 0 Å². The number of rotatable bonds is 6. The Morgan fingerprint density at radius 2 is 1.67 bits per heavy atom. The Balaban J connectivity index is 2.44. The van der Waals surface area contributed by atoms with Gasteiger partial charge in [-0.25, -0.2) is 0 Å². The van der Waals surface area contributed by atoms with E-state index >= 15 is 0 Å². The van der Waals surface area contributed by atoms with E-state index in [2.05, 4.69) is 69.6 Å². The molecular weight excluding hydrogens is 238 g/mol. The number of hydrogen-bond acceptors (Lipinski definition) is 2. The predicted octanol–water partition coefficient (Wildman–Crippen LogP) is 3.78. The summed E-state index contributed by atoms with van der Waals surface area (Å²) in [7, 11) is 2.19. The van der Waals surface area contributed by atoms with Gasteiger partial charge in [0.05, 0.1) is 0 Å². The van der Waals surface area contributed by atoms with Crippen LogP contribution < -0.4 is 0 Å².